The number of halogens is 1. The first-order valence-electron chi connectivity index (χ1n) is 4.31. The Morgan fingerprint density at radius 1 is 1.77 bits per heavy atom. The van der Waals surface area contributed by atoms with Gasteiger partial charge in [0, 0.05) is 11.2 Å². The standard InChI is InChI=1S/C10H12FNS/c1-2-10(13)8-4-3-7(6-12)5-9(8)11/h3-5,8-10,13H,2H2,1H3. The molecule has 3 heteroatoms. The number of nitriles is 1. The summed E-state index contributed by atoms with van der Waals surface area (Å²) in [6, 6.07) is 1.92. The molecule has 1 nitrogen and oxygen atoms in total. The van der Waals surface area contributed by atoms with Crippen LogP contribution in [0.5, 0.6) is 0 Å². The lowest BCUT2D eigenvalue weighted by Crippen LogP contribution is -2.24. The first kappa shape index (κ1) is 10.3. The second kappa shape index (κ2) is 4.48. The van der Waals surface area contributed by atoms with E-state index in [1.54, 1.807) is 12.2 Å². The van der Waals surface area contributed by atoms with Crippen molar-refractivity contribution in [1.82, 2.24) is 0 Å². The highest BCUT2D eigenvalue weighted by Gasteiger charge is 2.25. The molecular weight excluding hydrogens is 185 g/mol. The van der Waals surface area contributed by atoms with Crippen molar-refractivity contribution in [3.63, 3.8) is 0 Å². The van der Waals surface area contributed by atoms with Crippen LogP contribution in [0.15, 0.2) is 23.8 Å². The summed E-state index contributed by atoms with van der Waals surface area (Å²) < 4.78 is 13.4. The molecule has 3 unspecified atom stereocenters. The van der Waals surface area contributed by atoms with Gasteiger partial charge in [-0.15, -0.1) is 0 Å². The Morgan fingerprint density at radius 2 is 2.46 bits per heavy atom. The molecule has 0 aliphatic heterocycles. The molecule has 0 amide bonds. The SMILES string of the molecule is CCC(S)C1C=CC(C#N)=CC1F. The highest BCUT2D eigenvalue weighted by atomic mass is 32.1. The van der Waals surface area contributed by atoms with Crippen LogP contribution in [0.1, 0.15) is 13.3 Å². The smallest absolute Gasteiger partial charge is 0.127 e. The Balaban J connectivity index is 2.72. The van der Waals surface area contributed by atoms with Gasteiger partial charge in [0.2, 0.25) is 0 Å². The van der Waals surface area contributed by atoms with E-state index in [9.17, 15) is 4.39 Å². The molecule has 0 fully saturated rings. The summed E-state index contributed by atoms with van der Waals surface area (Å²) in [4.78, 5) is 0. The van der Waals surface area contributed by atoms with Crippen LogP contribution in [0.3, 0.4) is 0 Å². The maximum atomic E-state index is 13.4. The first-order valence-corrected chi connectivity index (χ1v) is 4.83. The van der Waals surface area contributed by atoms with E-state index in [4.69, 9.17) is 5.26 Å². The van der Waals surface area contributed by atoms with Gasteiger partial charge in [-0.2, -0.15) is 17.9 Å². The molecule has 0 heterocycles. The van der Waals surface area contributed by atoms with Gasteiger partial charge in [-0.25, -0.2) is 4.39 Å². The third kappa shape index (κ3) is 2.35. The first-order chi connectivity index (χ1) is 6.19. The molecule has 1 rings (SSSR count). The van der Waals surface area contributed by atoms with Crippen molar-refractivity contribution in [3.8, 4) is 6.07 Å². The highest BCUT2D eigenvalue weighted by Crippen LogP contribution is 2.27. The van der Waals surface area contributed by atoms with Gasteiger partial charge in [0.1, 0.15) is 6.17 Å². The van der Waals surface area contributed by atoms with Crippen molar-refractivity contribution in [2.45, 2.75) is 24.8 Å². The fourth-order valence-electron chi connectivity index (χ4n) is 1.35. The topological polar surface area (TPSA) is 23.8 Å². The largest absolute Gasteiger partial charge is 0.242 e. The second-order valence-corrected chi connectivity index (χ2v) is 3.75. The highest BCUT2D eigenvalue weighted by molar-refractivity contribution is 7.81. The summed E-state index contributed by atoms with van der Waals surface area (Å²) in [7, 11) is 0. The molecule has 0 saturated heterocycles. The maximum absolute atomic E-state index is 13.4. The Kier molecular flexibility index (Phi) is 3.56. The second-order valence-electron chi connectivity index (χ2n) is 3.09. The molecule has 0 aromatic carbocycles. The number of hydrogen-bond donors (Lipinski definition) is 1. The minimum atomic E-state index is -1.07. The molecule has 0 bridgehead atoms. The molecule has 0 aromatic heterocycles. The van der Waals surface area contributed by atoms with Crippen LogP contribution in [0.4, 0.5) is 4.39 Å². The molecule has 3 atom stereocenters. The predicted octanol–water partition coefficient (Wildman–Crippen LogP) is 2.67. The molecule has 70 valence electrons. The number of nitrogens with zero attached hydrogens (tertiary/aromatic N) is 1. The number of allylic oxidation sites excluding steroid dienone is 4. The quantitative estimate of drug-likeness (QED) is 0.676. The molecular formula is C10H12FNS. The van der Waals surface area contributed by atoms with Crippen LogP contribution in [0.2, 0.25) is 0 Å². The molecule has 0 saturated carbocycles. The van der Waals surface area contributed by atoms with Crippen LogP contribution >= 0.6 is 12.6 Å². The fourth-order valence-corrected chi connectivity index (χ4v) is 1.61. The molecule has 13 heavy (non-hydrogen) atoms. The van der Waals surface area contributed by atoms with E-state index in [-0.39, 0.29) is 11.2 Å². The van der Waals surface area contributed by atoms with Crippen molar-refractivity contribution in [2.75, 3.05) is 0 Å². The summed E-state index contributed by atoms with van der Waals surface area (Å²) in [5, 5.41) is 8.57. The van der Waals surface area contributed by atoms with Gasteiger partial charge in [0.15, 0.2) is 0 Å². The average Bonchev–Trinajstić information content (AvgIpc) is 2.16. The number of rotatable bonds is 2. The van der Waals surface area contributed by atoms with Crippen LogP contribution in [-0.4, -0.2) is 11.4 Å². The Bertz CT molecular complexity index is 277. The Hall–Kier alpha value is -0.750. The predicted molar refractivity (Wildman–Crippen MR) is 54.3 cm³/mol. The Labute approximate surface area is 83.4 Å². The van der Waals surface area contributed by atoms with Gasteiger partial charge in [0.25, 0.3) is 0 Å². The van der Waals surface area contributed by atoms with Gasteiger partial charge in [0.05, 0.1) is 11.6 Å². The lowest BCUT2D eigenvalue weighted by atomic mass is 9.91. The van der Waals surface area contributed by atoms with Crippen molar-refractivity contribution in [3.05, 3.63) is 23.8 Å². The van der Waals surface area contributed by atoms with E-state index in [1.807, 2.05) is 13.0 Å². The van der Waals surface area contributed by atoms with E-state index < -0.39 is 6.17 Å². The number of hydrogen-bond acceptors (Lipinski definition) is 2. The lowest BCUT2D eigenvalue weighted by Gasteiger charge is -2.23. The minimum Gasteiger partial charge on any atom is -0.242 e. The number of alkyl halides is 1. The van der Waals surface area contributed by atoms with E-state index in [1.165, 1.54) is 6.08 Å². The molecule has 1 aliphatic rings. The summed E-state index contributed by atoms with van der Waals surface area (Å²) in [5.41, 5.74) is 0.403. The van der Waals surface area contributed by atoms with E-state index >= 15 is 0 Å². The monoisotopic (exact) mass is 197 g/mol. The summed E-state index contributed by atoms with van der Waals surface area (Å²) >= 11 is 4.29. The van der Waals surface area contributed by atoms with E-state index in [2.05, 4.69) is 12.6 Å². The zero-order valence-electron chi connectivity index (χ0n) is 7.44. The van der Waals surface area contributed by atoms with Gasteiger partial charge in [-0.3, -0.25) is 0 Å². The average molecular weight is 197 g/mol. The Morgan fingerprint density at radius 3 is 2.92 bits per heavy atom. The summed E-state index contributed by atoms with van der Waals surface area (Å²) in [5.74, 6) is -0.189. The maximum Gasteiger partial charge on any atom is 0.127 e. The zero-order chi connectivity index (χ0) is 9.84. The lowest BCUT2D eigenvalue weighted by molar-refractivity contribution is 0.310. The third-order valence-corrected chi connectivity index (χ3v) is 2.91. The molecule has 0 radical (unpaired) electrons. The summed E-state index contributed by atoms with van der Waals surface area (Å²) in [6.07, 6.45) is 4.53. The fraction of sp³-hybridized carbons (Fsp3) is 0.500. The van der Waals surface area contributed by atoms with Gasteiger partial charge in [-0.05, 0) is 18.6 Å². The molecule has 1 aliphatic carbocycles. The molecule has 0 aromatic rings. The van der Waals surface area contributed by atoms with Gasteiger partial charge < -0.3 is 0 Å². The summed E-state index contributed by atoms with van der Waals surface area (Å²) in [6.45, 7) is 1.97. The third-order valence-electron chi connectivity index (χ3n) is 2.20. The van der Waals surface area contributed by atoms with Crippen molar-refractivity contribution in [2.24, 2.45) is 5.92 Å². The number of thiol groups is 1. The van der Waals surface area contributed by atoms with Crippen LogP contribution in [0.25, 0.3) is 0 Å². The minimum absolute atomic E-state index is 0.0303. The molecule has 0 N–H and O–H groups in total. The zero-order valence-corrected chi connectivity index (χ0v) is 8.34. The van der Waals surface area contributed by atoms with Gasteiger partial charge in [-0.1, -0.05) is 13.0 Å². The van der Waals surface area contributed by atoms with Crippen molar-refractivity contribution >= 4 is 12.6 Å². The van der Waals surface area contributed by atoms with Crippen LogP contribution in [-0.2, 0) is 0 Å². The van der Waals surface area contributed by atoms with Crippen molar-refractivity contribution in [1.29, 1.82) is 5.26 Å². The van der Waals surface area contributed by atoms with Crippen molar-refractivity contribution < 1.29 is 4.39 Å². The van der Waals surface area contributed by atoms with Crippen LogP contribution < -0.4 is 0 Å². The van der Waals surface area contributed by atoms with Crippen LogP contribution in [0, 0.1) is 17.2 Å². The normalized spacial score (nSPS) is 29.2. The molecule has 0 spiro atoms. The van der Waals surface area contributed by atoms with Gasteiger partial charge >= 0.3 is 0 Å². The van der Waals surface area contributed by atoms with E-state index in [0.717, 1.165) is 6.42 Å². The van der Waals surface area contributed by atoms with E-state index in [0.29, 0.717) is 5.57 Å².